The molecule has 1 aromatic carbocycles. The zero-order valence-electron chi connectivity index (χ0n) is 9.93. The fraction of sp³-hybridized carbons (Fsp3) is 0.167. The summed E-state index contributed by atoms with van der Waals surface area (Å²) in [6.45, 7) is 0.0897. The van der Waals surface area contributed by atoms with E-state index in [4.69, 9.17) is 5.53 Å². The van der Waals surface area contributed by atoms with E-state index >= 15 is 0 Å². The van der Waals surface area contributed by atoms with Crippen molar-refractivity contribution in [2.24, 2.45) is 5.11 Å². The Labute approximate surface area is 107 Å². The van der Waals surface area contributed by atoms with Gasteiger partial charge in [0, 0.05) is 17.2 Å². The molecule has 0 aliphatic carbocycles. The minimum atomic E-state index is -0.533. The Kier molecular flexibility index (Phi) is 3.80. The van der Waals surface area contributed by atoms with Gasteiger partial charge in [0.1, 0.15) is 0 Å². The van der Waals surface area contributed by atoms with Gasteiger partial charge in [-0.2, -0.15) is 0 Å². The number of hydrogen-bond acceptors (Lipinski definition) is 3. The van der Waals surface area contributed by atoms with Crippen LogP contribution in [-0.2, 0) is 0 Å². The lowest BCUT2D eigenvalue weighted by molar-refractivity contribution is 0.558. The maximum absolute atomic E-state index is 11.8. The molecule has 2 rings (SSSR count). The molecule has 96 valence electrons. The maximum atomic E-state index is 11.8. The average Bonchev–Trinajstić information content (AvgIpc) is 2.42. The first-order valence-electron chi connectivity index (χ1n) is 5.59. The first-order chi connectivity index (χ1) is 9.22. The Balaban J connectivity index is 2.51. The molecule has 0 aliphatic heterocycles. The Morgan fingerprint density at radius 3 is 2.63 bits per heavy atom. The Morgan fingerprint density at radius 1 is 1.26 bits per heavy atom. The molecule has 0 aliphatic rings. The lowest BCUT2D eigenvalue weighted by Crippen LogP contribution is -2.32. The highest BCUT2D eigenvalue weighted by molar-refractivity contribution is 5.20. The zero-order valence-corrected chi connectivity index (χ0v) is 9.93. The minimum absolute atomic E-state index is 0.0897. The van der Waals surface area contributed by atoms with Crippen LogP contribution in [0.1, 0.15) is 11.6 Å². The molecule has 0 saturated heterocycles. The van der Waals surface area contributed by atoms with Crippen molar-refractivity contribution in [2.75, 3.05) is 6.54 Å². The second-order valence-electron chi connectivity index (χ2n) is 3.86. The van der Waals surface area contributed by atoms with E-state index in [1.165, 1.54) is 16.8 Å². The van der Waals surface area contributed by atoms with E-state index in [0.717, 1.165) is 5.56 Å². The summed E-state index contributed by atoms with van der Waals surface area (Å²) in [5.74, 6) is 0. The van der Waals surface area contributed by atoms with Crippen LogP contribution >= 0.6 is 0 Å². The quantitative estimate of drug-likeness (QED) is 0.508. The van der Waals surface area contributed by atoms with Crippen molar-refractivity contribution in [3.63, 3.8) is 0 Å². The number of azide groups is 1. The Hall–Kier alpha value is -2.79. The molecule has 0 radical (unpaired) electrons. The minimum Gasteiger partial charge on any atom is -0.293 e. The van der Waals surface area contributed by atoms with Gasteiger partial charge in [0.15, 0.2) is 0 Å². The average molecular weight is 257 g/mol. The predicted octanol–water partition coefficient (Wildman–Crippen LogP) is 1.44. The SMILES string of the molecule is [N-]=[N+]=NCC(c1ccccc1)n1ccc(=O)[nH]c1=O. The molecule has 0 spiro atoms. The number of aromatic nitrogens is 2. The molecule has 0 bridgehead atoms. The van der Waals surface area contributed by atoms with Gasteiger partial charge < -0.3 is 0 Å². The third kappa shape index (κ3) is 2.91. The van der Waals surface area contributed by atoms with E-state index < -0.39 is 17.3 Å². The summed E-state index contributed by atoms with van der Waals surface area (Å²) in [6, 6.07) is 9.98. The number of aromatic amines is 1. The van der Waals surface area contributed by atoms with Crippen molar-refractivity contribution in [2.45, 2.75) is 6.04 Å². The summed E-state index contributed by atoms with van der Waals surface area (Å²) in [6.07, 6.45) is 1.39. The van der Waals surface area contributed by atoms with Crippen LogP contribution in [0.2, 0.25) is 0 Å². The van der Waals surface area contributed by atoms with Gasteiger partial charge in [-0.05, 0) is 11.1 Å². The zero-order chi connectivity index (χ0) is 13.7. The number of rotatable bonds is 4. The molecule has 1 atom stereocenters. The fourth-order valence-electron chi connectivity index (χ4n) is 1.82. The number of H-pyrrole nitrogens is 1. The van der Waals surface area contributed by atoms with Gasteiger partial charge in [0.25, 0.3) is 5.56 Å². The third-order valence-electron chi connectivity index (χ3n) is 2.69. The molecule has 1 aromatic heterocycles. The van der Waals surface area contributed by atoms with Crippen LogP contribution in [0.15, 0.2) is 57.3 Å². The molecule has 19 heavy (non-hydrogen) atoms. The second kappa shape index (κ2) is 5.70. The Bertz CT molecular complexity index is 713. The van der Waals surface area contributed by atoms with E-state index in [1.807, 2.05) is 30.3 Å². The van der Waals surface area contributed by atoms with E-state index in [0.29, 0.717) is 0 Å². The number of hydrogen-bond donors (Lipinski definition) is 1. The summed E-state index contributed by atoms with van der Waals surface area (Å²) in [7, 11) is 0. The van der Waals surface area contributed by atoms with Crippen LogP contribution in [0.4, 0.5) is 0 Å². The number of nitrogens with one attached hydrogen (secondary N) is 1. The van der Waals surface area contributed by atoms with Crippen LogP contribution in [0.25, 0.3) is 10.4 Å². The molecule has 1 N–H and O–H groups in total. The molecule has 1 unspecified atom stereocenters. The highest BCUT2D eigenvalue weighted by Gasteiger charge is 2.13. The van der Waals surface area contributed by atoms with Crippen molar-refractivity contribution >= 4 is 0 Å². The Morgan fingerprint density at radius 2 is 2.00 bits per heavy atom. The number of nitrogens with zero attached hydrogens (tertiary/aromatic N) is 4. The lowest BCUT2D eigenvalue weighted by atomic mass is 10.1. The molecule has 7 nitrogen and oxygen atoms in total. The number of benzene rings is 1. The summed E-state index contributed by atoms with van der Waals surface area (Å²) < 4.78 is 1.34. The molecular weight excluding hydrogens is 246 g/mol. The summed E-state index contributed by atoms with van der Waals surface area (Å²) in [5, 5.41) is 3.52. The van der Waals surface area contributed by atoms with E-state index in [9.17, 15) is 9.59 Å². The van der Waals surface area contributed by atoms with Crippen molar-refractivity contribution < 1.29 is 0 Å². The second-order valence-corrected chi connectivity index (χ2v) is 3.86. The third-order valence-corrected chi connectivity index (χ3v) is 2.69. The molecule has 2 aromatic rings. The van der Waals surface area contributed by atoms with Gasteiger partial charge in [-0.1, -0.05) is 35.4 Å². The van der Waals surface area contributed by atoms with Gasteiger partial charge >= 0.3 is 5.69 Å². The standard InChI is InChI=1S/C12H11N5O2/c13-16-14-8-10(9-4-2-1-3-5-9)17-7-6-11(18)15-12(17)19/h1-7,10H,8H2,(H,15,18,19). The highest BCUT2D eigenvalue weighted by Crippen LogP contribution is 2.16. The molecule has 0 amide bonds. The first kappa shape index (κ1) is 12.7. The van der Waals surface area contributed by atoms with Gasteiger partial charge in [0.2, 0.25) is 0 Å². The van der Waals surface area contributed by atoms with Crippen molar-refractivity contribution in [3.05, 3.63) is 79.4 Å². The van der Waals surface area contributed by atoms with Crippen molar-refractivity contribution in [3.8, 4) is 0 Å². The smallest absolute Gasteiger partial charge is 0.293 e. The van der Waals surface area contributed by atoms with Crippen molar-refractivity contribution in [1.82, 2.24) is 9.55 Å². The predicted molar refractivity (Wildman–Crippen MR) is 69.9 cm³/mol. The molecule has 1 heterocycles. The highest BCUT2D eigenvalue weighted by atomic mass is 16.2. The summed E-state index contributed by atoms with van der Waals surface area (Å²) in [4.78, 5) is 27.7. The van der Waals surface area contributed by atoms with Crippen LogP contribution < -0.4 is 11.2 Å². The summed E-state index contributed by atoms with van der Waals surface area (Å²) >= 11 is 0. The van der Waals surface area contributed by atoms with Gasteiger partial charge in [-0.25, -0.2) is 4.79 Å². The monoisotopic (exact) mass is 257 g/mol. The van der Waals surface area contributed by atoms with Crippen LogP contribution in [-0.4, -0.2) is 16.1 Å². The van der Waals surface area contributed by atoms with Gasteiger partial charge in [0.05, 0.1) is 12.6 Å². The largest absolute Gasteiger partial charge is 0.328 e. The van der Waals surface area contributed by atoms with Crippen molar-refractivity contribution in [1.29, 1.82) is 0 Å². The van der Waals surface area contributed by atoms with Crippen LogP contribution in [0.5, 0.6) is 0 Å². The van der Waals surface area contributed by atoms with E-state index in [-0.39, 0.29) is 6.54 Å². The maximum Gasteiger partial charge on any atom is 0.328 e. The van der Waals surface area contributed by atoms with Crippen LogP contribution in [0, 0.1) is 0 Å². The van der Waals surface area contributed by atoms with Crippen LogP contribution in [0.3, 0.4) is 0 Å². The normalized spacial score (nSPS) is 11.6. The van der Waals surface area contributed by atoms with Gasteiger partial charge in [-0.15, -0.1) is 0 Å². The van der Waals surface area contributed by atoms with E-state index in [1.54, 1.807) is 0 Å². The first-order valence-corrected chi connectivity index (χ1v) is 5.59. The summed E-state index contributed by atoms with van der Waals surface area (Å²) in [5.41, 5.74) is 8.26. The molecule has 0 saturated carbocycles. The molecule has 0 fully saturated rings. The van der Waals surface area contributed by atoms with E-state index in [2.05, 4.69) is 15.0 Å². The topological polar surface area (TPSA) is 104 Å². The fourth-order valence-corrected chi connectivity index (χ4v) is 1.82. The van der Waals surface area contributed by atoms with Gasteiger partial charge in [-0.3, -0.25) is 14.3 Å². The molecule has 7 heteroatoms. The lowest BCUT2D eigenvalue weighted by Gasteiger charge is -2.17. The molecular formula is C12H11N5O2.